The molecule has 1 atom stereocenters. The van der Waals surface area contributed by atoms with E-state index in [4.69, 9.17) is 4.74 Å². The van der Waals surface area contributed by atoms with E-state index in [1.807, 2.05) is 32.0 Å². The minimum absolute atomic E-state index is 0.0219. The molecular weight excluding hydrogens is 326 g/mol. The number of aromatic nitrogens is 3. The van der Waals surface area contributed by atoms with E-state index in [0.29, 0.717) is 5.82 Å². The second kappa shape index (κ2) is 7.52. The van der Waals surface area contributed by atoms with E-state index in [1.54, 1.807) is 19.3 Å². The first-order chi connectivity index (χ1) is 12.4. The number of aryl methyl sites for hydroxylation is 3. The second-order valence-corrected chi connectivity index (χ2v) is 6.59. The average Bonchev–Trinajstić information content (AvgIpc) is 3.07. The number of rotatable bonds is 6. The van der Waals surface area contributed by atoms with Gasteiger partial charge in [0.1, 0.15) is 11.6 Å². The van der Waals surface area contributed by atoms with Gasteiger partial charge in [0.2, 0.25) is 0 Å². The Balaban J connectivity index is 1.68. The van der Waals surface area contributed by atoms with Crippen molar-refractivity contribution < 1.29 is 9.53 Å². The van der Waals surface area contributed by atoms with E-state index < -0.39 is 6.10 Å². The fraction of sp³-hybridized carbons (Fsp3) is 0.286. The van der Waals surface area contributed by atoms with Crippen LogP contribution in [-0.2, 0) is 11.2 Å². The fourth-order valence-corrected chi connectivity index (χ4v) is 3.01. The molecule has 134 valence electrons. The van der Waals surface area contributed by atoms with Crippen molar-refractivity contribution in [1.82, 2.24) is 15.0 Å². The lowest BCUT2D eigenvalue weighted by molar-refractivity contribution is -0.124. The van der Waals surface area contributed by atoms with Crippen LogP contribution in [0.3, 0.4) is 0 Å². The van der Waals surface area contributed by atoms with E-state index in [-0.39, 0.29) is 12.2 Å². The van der Waals surface area contributed by atoms with Crippen LogP contribution in [0, 0.1) is 20.8 Å². The molecule has 0 unspecified atom stereocenters. The maximum absolute atomic E-state index is 12.6. The zero-order valence-corrected chi connectivity index (χ0v) is 15.5. The molecule has 5 heteroatoms. The Hall–Kier alpha value is -2.95. The molecular formula is C21H23N3O2. The SMILES string of the molecule is Cc1cc(C)c(O[C@H](C)C(=O)Cc2ncc(-c3ccccn3)[nH]2)c(C)c1. The van der Waals surface area contributed by atoms with Crippen molar-refractivity contribution in [2.24, 2.45) is 0 Å². The molecule has 0 saturated carbocycles. The molecule has 1 N–H and O–H groups in total. The number of benzene rings is 1. The maximum atomic E-state index is 12.6. The summed E-state index contributed by atoms with van der Waals surface area (Å²) in [4.78, 5) is 24.3. The van der Waals surface area contributed by atoms with Gasteiger partial charge in [-0.15, -0.1) is 0 Å². The summed E-state index contributed by atoms with van der Waals surface area (Å²) in [6, 6.07) is 9.79. The zero-order valence-electron chi connectivity index (χ0n) is 15.5. The van der Waals surface area contributed by atoms with Gasteiger partial charge in [-0.05, 0) is 51.0 Å². The summed E-state index contributed by atoms with van der Waals surface area (Å²) in [5.41, 5.74) is 4.86. The van der Waals surface area contributed by atoms with Crippen LogP contribution < -0.4 is 4.74 Å². The lowest BCUT2D eigenvalue weighted by Crippen LogP contribution is -2.26. The zero-order chi connectivity index (χ0) is 18.7. The van der Waals surface area contributed by atoms with Gasteiger partial charge in [0.15, 0.2) is 11.9 Å². The van der Waals surface area contributed by atoms with Crippen molar-refractivity contribution in [2.75, 3.05) is 0 Å². The Bertz CT molecular complexity index is 893. The molecule has 0 radical (unpaired) electrons. The summed E-state index contributed by atoms with van der Waals surface area (Å²) in [6.45, 7) is 7.83. The van der Waals surface area contributed by atoms with Crippen molar-refractivity contribution in [3.05, 3.63) is 65.2 Å². The standard InChI is InChI=1S/C21H23N3O2/c1-13-9-14(2)21(15(3)10-13)26-16(4)19(25)11-20-23-12-18(24-20)17-7-5-6-8-22-17/h5-10,12,16H,11H2,1-4H3,(H,23,24)/t16-/m1/s1. The number of hydrogen-bond donors (Lipinski definition) is 1. The number of pyridine rings is 1. The smallest absolute Gasteiger partial charge is 0.180 e. The van der Waals surface area contributed by atoms with Crippen molar-refractivity contribution in [3.8, 4) is 17.1 Å². The van der Waals surface area contributed by atoms with Crippen molar-refractivity contribution >= 4 is 5.78 Å². The topological polar surface area (TPSA) is 67.9 Å². The normalized spacial score (nSPS) is 12.0. The largest absolute Gasteiger partial charge is 0.482 e. The van der Waals surface area contributed by atoms with Gasteiger partial charge < -0.3 is 9.72 Å². The molecule has 0 aliphatic rings. The van der Waals surface area contributed by atoms with E-state index >= 15 is 0 Å². The Morgan fingerprint density at radius 3 is 2.54 bits per heavy atom. The first-order valence-electron chi connectivity index (χ1n) is 8.66. The number of carbonyl (C=O) groups excluding carboxylic acids is 1. The number of nitrogens with zero attached hydrogens (tertiary/aromatic N) is 2. The highest BCUT2D eigenvalue weighted by Crippen LogP contribution is 2.26. The molecule has 0 aliphatic heterocycles. The van der Waals surface area contributed by atoms with Gasteiger partial charge in [0.05, 0.1) is 24.0 Å². The third-order valence-electron chi connectivity index (χ3n) is 4.26. The molecule has 0 fully saturated rings. The van der Waals surface area contributed by atoms with E-state index in [0.717, 1.165) is 28.3 Å². The van der Waals surface area contributed by atoms with E-state index in [2.05, 4.69) is 34.0 Å². The quantitative estimate of drug-likeness (QED) is 0.731. The number of ketones is 1. The fourth-order valence-electron chi connectivity index (χ4n) is 3.01. The Labute approximate surface area is 153 Å². The van der Waals surface area contributed by atoms with Crippen molar-refractivity contribution in [1.29, 1.82) is 0 Å². The molecule has 26 heavy (non-hydrogen) atoms. The van der Waals surface area contributed by atoms with Gasteiger partial charge in [0.25, 0.3) is 0 Å². The third-order valence-corrected chi connectivity index (χ3v) is 4.26. The van der Waals surface area contributed by atoms with Crippen LogP contribution in [0.25, 0.3) is 11.4 Å². The Morgan fingerprint density at radius 1 is 1.15 bits per heavy atom. The first kappa shape index (κ1) is 17.9. The van der Waals surface area contributed by atoms with Crippen LogP contribution in [0.2, 0.25) is 0 Å². The van der Waals surface area contributed by atoms with E-state index in [9.17, 15) is 4.79 Å². The van der Waals surface area contributed by atoms with Gasteiger partial charge in [0, 0.05) is 6.20 Å². The molecule has 3 aromatic rings. The lowest BCUT2D eigenvalue weighted by atomic mass is 10.1. The number of imidazole rings is 1. The summed E-state index contributed by atoms with van der Waals surface area (Å²) in [5.74, 6) is 1.37. The molecule has 0 saturated heterocycles. The molecule has 1 aromatic carbocycles. The molecule has 2 aromatic heterocycles. The van der Waals surface area contributed by atoms with Crippen LogP contribution in [0.15, 0.2) is 42.7 Å². The molecule has 5 nitrogen and oxygen atoms in total. The molecule has 0 spiro atoms. The summed E-state index contributed by atoms with van der Waals surface area (Å²) in [6.07, 6.45) is 3.07. The number of Topliss-reactive ketones (excluding diaryl/α,β-unsaturated/α-hetero) is 1. The number of nitrogens with one attached hydrogen (secondary N) is 1. The molecule has 0 amide bonds. The number of aromatic amines is 1. The minimum Gasteiger partial charge on any atom is -0.482 e. The highest BCUT2D eigenvalue weighted by atomic mass is 16.5. The first-order valence-corrected chi connectivity index (χ1v) is 8.66. The molecule has 3 rings (SSSR count). The molecule has 2 heterocycles. The maximum Gasteiger partial charge on any atom is 0.180 e. The number of carbonyl (C=O) groups is 1. The highest BCUT2D eigenvalue weighted by Gasteiger charge is 2.19. The predicted octanol–water partition coefficient (Wildman–Crippen LogP) is 3.98. The predicted molar refractivity (Wildman–Crippen MR) is 101 cm³/mol. The summed E-state index contributed by atoms with van der Waals surface area (Å²) in [7, 11) is 0. The number of ether oxygens (including phenoxy) is 1. The number of hydrogen-bond acceptors (Lipinski definition) is 4. The van der Waals surface area contributed by atoms with Crippen LogP contribution in [-0.4, -0.2) is 26.8 Å². The molecule has 0 bridgehead atoms. The van der Waals surface area contributed by atoms with Crippen LogP contribution >= 0.6 is 0 Å². The minimum atomic E-state index is -0.543. The van der Waals surface area contributed by atoms with Crippen LogP contribution in [0.1, 0.15) is 29.4 Å². The number of H-pyrrole nitrogens is 1. The summed E-state index contributed by atoms with van der Waals surface area (Å²) >= 11 is 0. The highest BCUT2D eigenvalue weighted by molar-refractivity contribution is 5.84. The van der Waals surface area contributed by atoms with Crippen molar-refractivity contribution in [3.63, 3.8) is 0 Å². The van der Waals surface area contributed by atoms with Gasteiger partial charge in [-0.3, -0.25) is 9.78 Å². The van der Waals surface area contributed by atoms with Gasteiger partial charge in [-0.25, -0.2) is 4.98 Å². The summed E-state index contributed by atoms with van der Waals surface area (Å²) < 4.78 is 5.95. The third kappa shape index (κ3) is 3.99. The average molecular weight is 349 g/mol. The van der Waals surface area contributed by atoms with Crippen LogP contribution in [0.5, 0.6) is 5.75 Å². The lowest BCUT2D eigenvalue weighted by Gasteiger charge is -2.17. The van der Waals surface area contributed by atoms with Crippen molar-refractivity contribution in [2.45, 2.75) is 40.2 Å². The monoisotopic (exact) mass is 349 g/mol. The Morgan fingerprint density at radius 2 is 1.88 bits per heavy atom. The molecule has 0 aliphatic carbocycles. The second-order valence-electron chi connectivity index (χ2n) is 6.59. The van der Waals surface area contributed by atoms with E-state index in [1.165, 1.54) is 5.56 Å². The van der Waals surface area contributed by atoms with Gasteiger partial charge >= 0.3 is 0 Å². The van der Waals surface area contributed by atoms with Gasteiger partial charge in [-0.2, -0.15) is 0 Å². The summed E-state index contributed by atoms with van der Waals surface area (Å²) in [5, 5.41) is 0. The van der Waals surface area contributed by atoms with Crippen LogP contribution in [0.4, 0.5) is 0 Å². The Kier molecular flexibility index (Phi) is 5.16. The van der Waals surface area contributed by atoms with Gasteiger partial charge in [-0.1, -0.05) is 23.8 Å².